The summed E-state index contributed by atoms with van der Waals surface area (Å²) in [6, 6.07) is 32.7. The number of hydrogen-bond donors (Lipinski definition) is 0. The molecule has 2 unspecified atom stereocenters. The van der Waals surface area contributed by atoms with Gasteiger partial charge in [0.05, 0.1) is 0 Å². The van der Waals surface area contributed by atoms with E-state index in [0.29, 0.717) is 5.92 Å². The summed E-state index contributed by atoms with van der Waals surface area (Å²) < 4.78 is 0. The Morgan fingerprint density at radius 1 is 0.720 bits per heavy atom. The Morgan fingerprint density at radius 2 is 1.12 bits per heavy atom. The summed E-state index contributed by atoms with van der Waals surface area (Å²) in [5.41, 5.74) is 4.11. The molecule has 0 aliphatic heterocycles. The Labute approximate surface area is 164 Å². The molecular formula is C23H26BrP. The third-order valence-electron chi connectivity index (χ3n) is 4.83. The predicted octanol–water partition coefficient (Wildman–Crippen LogP) is 6.97. The van der Waals surface area contributed by atoms with Crippen LogP contribution in [0.2, 0.25) is 0 Å². The quantitative estimate of drug-likeness (QED) is 0.383. The third kappa shape index (κ3) is 4.22. The van der Waals surface area contributed by atoms with Crippen LogP contribution >= 0.6 is 26.2 Å². The van der Waals surface area contributed by atoms with Crippen LogP contribution in [0.5, 0.6) is 0 Å². The minimum atomic E-state index is -0.125. The van der Waals surface area contributed by atoms with Crippen LogP contribution in [0.15, 0.2) is 91.0 Å². The Hall–Kier alpha value is -1.43. The highest BCUT2D eigenvalue weighted by atomic mass is 79.9. The molecule has 0 saturated carbocycles. The minimum absolute atomic E-state index is 0. The van der Waals surface area contributed by atoms with E-state index in [1.807, 2.05) is 0 Å². The molecule has 0 nitrogen and oxygen atoms in total. The molecule has 0 N–H and O–H groups in total. The van der Waals surface area contributed by atoms with Gasteiger partial charge in [-0.15, -0.1) is 26.2 Å². The van der Waals surface area contributed by atoms with Gasteiger partial charge in [-0.05, 0) is 23.1 Å². The van der Waals surface area contributed by atoms with E-state index in [1.165, 1.54) is 16.7 Å². The van der Waals surface area contributed by atoms with Crippen LogP contribution in [0.1, 0.15) is 42.4 Å². The highest BCUT2D eigenvalue weighted by Crippen LogP contribution is 2.51. The second kappa shape index (κ2) is 9.32. The summed E-state index contributed by atoms with van der Waals surface area (Å²) in [4.78, 5) is 0. The van der Waals surface area contributed by atoms with E-state index >= 15 is 0 Å². The lowest BCUT2D eigenvalue weighted by atomic mass is 9.74. The van der Waals surface area contributed by atoms with Gasteiger partial charge in [0.15, 0.2) is 0 Å². The van der Waals surface area contributed by atoms with Gasteiger partial charge in [-0.25, -0.2) is 0 Å². The van der Waals surface area contributed by atoms with Crippen molar-refractivity contribution in [1.82, 2.24) is 0 Å². The molecule has 0 aromatic heterocycles. The second-order valence-electron chi connectivity index (χ2n) is 6.35. The molecular weight excluding hydrogens is 387 g/mol. The van der Waals surface area contributed by atoms with E-state index in [9.17, 15) is 0 Å². The Bertz CT molecular complexity index is 701. The monoisotopic (exact) mass is 412 g/mol. The van der Waals surface area contributed by atoms with Crippen molar-refractivity contribution in [1.29, 1.82) is 0 Å². The number of halogens is 1. The van der Waals surface area contributed by atoms with E-state index in [0.717, 1.165) is 12.8 Å². The first-order valence-electron chi connectivity index (χ1n) is 8.71. The van der Waals surface area contributed by atoms with Crippen molar-refractivity contribution in [3.63, 3.8) is 0 Å². The van der Waals surface area contributed by atoms with Crippen molar-refractivity contribution in [2.45, 2.75) is 30.8 Å². The second-order valence-corrected chi connectivity index (χ2v) is 7.26. The maximum absolute atomic E-state index is 3.21. The van der Waals surface area contributed by atoms with Gasteiger partial charge in [0, 0.05) is 11.1 Å². The lowest BCUT2D eigenvalue weighted by Gasteiger charge is -2.39. The average Bonchev–Trinajstić information content (AvgIpc) is 2.67. The molecule has 25 heavy (non-hydrogen) atoms. The maximum atomic E-state index is 3.21. The highest BCUT2D eigenvalue weighted by Gasteiger charge is 2.38. The molecule has 3 aromatic rings. The van der Waals surface area contributed by atoms with Crippen molar-refractivity contribution in [3.8, 4) is 0 Å². The third-order valence-corrected chi connectivity index (χ3v) is 5.90. The molecule has 130 valence electrons. The predicted molar refractivity (Wildman–Crippen MR) is 118 cm³/mol. The summed E-state index contributed by atoms with van der Waals surface area (Å²) in [5.74, 6) is 0.415. The van der Waals surface area contributed by atoms with E-state index in [4.69, 9.17) is 0 Å². The van der Waals surface area contributed by atoms with Crippen LogP contribution in [-0.2, 0) is 5.16 Å². The molecule has 0 spiro atoms. The fourth-order valence-electron chi connectivity index (χ4n) is 3.63. The van der Waals surface area contributed by atoms with Crippen LogP contribution in [0.4, 0.5) is 0 Å². The van der Waals surface area contributed by atoms with Crippen molar-refractivity contribution < 1.29 is 0 Å². The molecule has 0 bridgehead atoms. The molecule has 0 radical (unpaired) electrons. The largest absolute Gasteiger partial charge is 0.121 e. The minimum Gasteiger partial charge on any atom is -0.121 e. The normalized spacial score (nSPS) is 12.2. The summed E-state index contributed by atoms with van der Waals surface area (Å²) in [6.45, 7) is 2.27. The zero-order chi connectivity index (χ0) is 16.8. The standard InChI is InChI=1S/C23H25P.BrH/c1-2-12-22(19-13-6-3-7-14-19)23(24,20-15-8-4-9-16-20)21-17-10-5-11-18-21;/h3-11,13-18,22H,2,12,24H2,1H3;1H. The molecule has 0 saturated heterocycles. The van der Waals surface area contributed by atoms with Gasteiger partial charge < -0.3 is 0 Å². The van der Waals surface area contributed by atoms with Crippen LogP contribution in [-0.4, -0.2) is 0 Å². The fraction of sp³-hybridized carbons (Fsp3) is 0.217. The maximum Gasteiger partial charge on any atom is 0.0412 e. The van der Waals surface area contributed by atoms with Crippen LogP contribution in [0, 0.1) is 0 Å². The van der Waals surface area contributed by atoms with Crippen molar-refractivity contribution in [2.75, 3.05) is 0 Å². The summed E-state index contributed by atoms with van der Waals surface area (Å²) in [5, 5.41) is -0.125. The van der Waals surface area contributed by atoms with Gasteiger partial charge in [-0.3, -0.25) is 0 Å². The van der Waals surface area contributed by atoms with Crippen molar-refractivity contribution in [3.05, 3.63) is 108 Å². The molecule has 2 atom stereocenters. The van der Waals surface area contributed by atoms with Gasteiger partial charge in [0.25, 0.3) is 0 Å². The summed E-state index contributed by atoms with van der Waals surface area (Å²) in [7, 11) is 3.21. The van der Waals surface area contributed by atoms with E-state index < -0.39 is 0 Å². The summed E-state index contributed by atoms with van der Waals surface area (Å²) in [6.07, 6.45) is 2.31. The van der Waals surface area contributed by atoms with E-state index in [2.05, 4.69) is 107 Å². The molecule has 3 rings (SSSR count). The molecule has 0 aliphatic rings. The lowest BCUT2D eigenvalue weighted by Crippen LogP contribution is -2.29. The van der Waals surface area contributed by atoms with Gasteiger partial charge in [-0.1, -0.05) is 104 Å². The molecule has 2 heteroatoms. The Balaban J connectivity index is 0.00000225. The molecule has 0 amide bonds. The van der Waals surface area contributed by atoms with Gasteiger partial charge >= 0.3 is 0 Å². The van der Waals surface area contributed by atoms with Gasteiger partial charge in [0.2, 0.25) is 0 Å². The van der Waals surface area contributed by atoms with Crippen LogP contribution in [0.25, 0.3) is 0 Å². The van der Waals surface area contributed by atoms with E-state index in [-0.39, 0.29) is 22.1 Å². The highest BCUT2D eigenvalue weighted by molar-refractivity contribution is 8.93. The van der Waals surface area contributed by atoms with Crippen molar-refractivity contribution >= 4 is 26.2 Å². The smallest absolute Gasteiger partial charge is 0.0412 e. The number of hydrogen-bond acceptors (Lipinski definition) is 0. The SMILES string of the molecule is Br.CCCC(c1ccccc1)C(P)(c1ccccc1)c1ccccc1. The molecule has 3 aromatic carbocycles. The first kappa shape index (κ1) is 19.9. The summed E-state index contributed by atoms with van der Waals surface area (Å²) >= 11 is 0. The number of benzene rings is 3. The first-order chi connectivity index (χ1) is 11.8. The zero-order valence-corrected chi connectivity index (χ0v) is 17.5. The van der Waals surface area contributed by atoms with Gasteiger partial charge in [0.1, 0.15) is 0 Å². The zero-order valence-electron chi connectivity index (χ0n) is 14.6. The van der Waals surface area contributed by atoms with Gasteiger partial charge in [-0.2, -0.15) is 0 Å². The average molecular weight is 413 g/mol. The Kier molecular flexibility index (Phi) is 7.41. The molecule has 0 fully saturated rings. The number of rotatable bonds is 6. The lowest BCUT2D eigenvalue weighted by molar-refractivity contribution is 0.513. The molecule has 0 aliphatic carbocycles. The van der Waals surface area contributed by atoms with Crippen LogP contribution in [0.3, 0.4) is 0 Å². The van der Waals surface area contributed by atoms with E-state index in [1.54, 1.807) is 0 Å². The molecule has 0 heterocycles. The van der Waals surface area contributed by atoms with Crippen molar-refractivity contribution in [2.24, 2.45) is 0 Å². The fourth-order valence-corrected chi connectivity index (χ4v) is 4.37. The van der Waals surface area contributed by atoms with Crippen LogP contribution < -0.4 is 0 Å². The Morgan fingerprint density at radius 3 is 1.52 bits per heavy atom. The first-order valence-corrected chi connectivity index (χ1v) is 9.29. The topological polar surface area (TPSA) is 0 Å².